The Morgan fingerprint density at radius 3 is 2.62 bits per heavy atom. The molecule has 5 nitrogen and oxygen atoms in total. The summed E-state index contributed by atoms with van der Waals surface area (Å²) in [7, 11) is 0. The summed E-state index contributed by atoms with van der Waals surface area (Å²) in [5.41, 5.74) is 2.94. The van der Waals surface area contributed by atoms with E-state index < -0.39 is 0 Å². The summed E-state index contributed by atoms with van der Waals surface area (Å²) in [6.07, 6.45) is 1.80. The third kappa shape index (κ3) is 5.36. The van der Waals surface area contributed by atoms with Gasteiger partial charge in [0.05, 0.1) is 5.75 Å². The maximum Gasteiger partial charge on any atom is 0.234 e. The Kier molecular flexibility index (Phi) is 7.28. The number of thioether (sulfide) groups is 1. The van der Waals surface area contributed by atoms with Crippen LogP contribution in [0.1, 0.15) is 25.3 Å². The summed E-state index contributed by atoms with van der Waals surface area (Å²) in [5.74, 6) is 1.28. The molecule has 0 saturated carbocycles. The number of hydrogen-bond acceptors (Lipinski definition) is 4. The fourth-order valence-electron chi connectivity index (χ4n) is 2.93. The maximum absolute atomic E-state index is 12.5. The van der Waals surface area contributed by atoms with Crippen molar-refractivity contribution in [2.75, 3.05) is 11.1 Å². The van der Waals surface area contributed by atoms with E-state index in [-0.39, 0.29) is 11.7 Å². The van der Waals surface area contributed by atoms with E-state index in [1.165, 1.54) is 11.8 Å². The molecule has 0 unspecified atom stereocenters. The van der Waals surface area contributed by atoms with E-state index in [9.17, 15) is 4.79 Å². The van der Waals surface area contributed by atoms with E-state index in [1.807, 2.05) is 53.1 Å². The highest BCUT2D eigenvalue weighted by atomic mass is 79.9. The quantitative estimate of drug-likeness (QED) is 0.336. The first-order valence-corrected chi connectivity index (χ1v) is 11.1. The van der Waals surface area contributed by atoms with Crippen molar-refractivity contribution in [1.82, 2.24) is 14.8 Å². The molecule has 0 aliphatic carbocycles. The number of halogens is 1. The molecule has 1 N–H and O–H groups in total. The number of carbonyl (C=O) groups is 1. The summed E-state index contributed by atoms with van der Waals surface area (Å²) in [6, 6.07) is 15.8. The third-order valence-electron chi connectivity index (χ3n) is 4.32. The zero-order valence-electron chi connectivity index (χ0n) is 16.4. The molecule has 1 aromatic heterocycles. The van der Waals surface area contributed by atoms with Crippen LogP contribution in [0, 0.1) is 0 Å². The van der Waals surface area contributed by atoms with Gasteiger partial charge in [-0.05, 0) is 29.7 Å². The van der Waals surface area contributed by atoms with E-state index in [2.05, 4.69) is 51.9 Å². The smallest absolute Gasteiger partial charge is 0.234 e. The van der Waals surface area contributed by atoms with Crippen LogP contribution in [0.15, 0.2) is 70.8 Å². The molecule has 0 fully saturated rings. The van der Waals surface area contributed by atoms with E-state index >= 15 is 0 Å². The first-order valence-electron chi connectivity index (χ1n) is 9.31. The fourth-order valence-corrected chi connectivity index (χ4v) is 3.94. The van der Waals surface area contributed by atoms with Crippen molar-refractivity contribution in [3.63, 3.8) is 0 Å². The monoisotopic (exact) mass is 470 g/mol. The summed E-state index contributed by atoms with van der Waals surface area (Å²) in [4.78, 5) is 12.5. The molecular formula is C22H23BrN4OS. The second-order valence-corrected chi connectivity index (χ2v) is 8.65. The molecule has 0 spiro atoms. The lowest BCUT2D eigenvalue weighted by molar-refractivity contribution is -0.113. The van der Waals surface area contributed by atoms with Crippen molar-refractivity contribution < 1.29 is 4.79 Å². The van der Waals surface area contributed by atoms with Gasteiger partial charge in [0.25, 0.3) is 0 Å². The minimum absolute atomic E-state index is 0.0681. The fraction of sp³-hybridized carbons (Fsp3) is 0.227. The van der Waals surface area contributed by atoms with E-state index in [0.29, 0.717) is 17.6 Å². The van der Waals surface area contributed by atoms with Gasteiger partial charge in [-0.1, -0.05) is 77.9 Å². The van der Waals surface area contributed by atoms with E-state index in [1.54, 1.807) is 6.08 Å². The first kappa shape index (κ1) is 21.3. The number of para-hydroxylation sites is 1. The van der Waals surface area contributed by atoms with Gasteiger partial charge >= 0.3 is 0 Å². The minimum Gasteiger partial charge on any atom is -0.325 e. The van der Waals surface area contributed by atoms with Crippen LogP contribution in [0.25, 0.3) is 11.4 Å². The number of allylic oxidation sites excluding steroid dienone is 1. The predicted octanol–water partition coefficient (Wildman–Crippen LogP) is 5.75. The van der Waals surface area contributed by atoms with Crippen molar-refractivity contribution >= 4 is 39.3 Å². The zero-order valence-corrected chi connectivity index (χ0v) is 18.8. The Balaban J connectivity index is 1.73. The minimum atomic E-state index is -0.0681. The summed E-state index contributed by atoms with van der Waals surface area (Å²) >= 11 is 4.81. The molecule has 29 heavy (non-hydrogen) atoms. The number of aromatic nitrogens is 3. The lowest BCUT2D eigenvalue weighted by atomic mass is 10.0. The van der Waals surface area contributed by atoms with E-state index in [4.69, 9.17) is 0 Å². The van der Waals surface area contributed by atoms with E-state index in [0.717, 1.165) is 27.1 Å². The molecule has 0 radical (unpaired) electrons. The molecular weight excluding hydrogens is 448 g/mol. The molecule has 3 rings (SSSR count). The van der Waals surface area contributed by atoms with Gasteiger partial charge in [0.2, 0.25) is 5.91 Å². The van der Waals surface area contributed by atoms with Crippen molar-refractivity contribution in [3.8, 4) is 11.4 Å². The molecule has 2 aromatic carbocycles. The lowest BCUT2D eigenvalue weighted by Gasteiger charge is -2.13. The summed E-state index contributed by atoms with van der Waals surface area (Å²) < 4.78 is 2.97. The van der Waals surface area contributed by atoms with Crippen molar-refractivity contribution in [1.29, 1.82) is 0 Å². The third-order valence-corrected chi connectivity index (χ3v) is 5.82. The largest absolute Gasteiger partial charge is 0.325 e. The Labute approximate surface area is 183 Å². The number of anilines is 1. The van der Waals surface area contributed by atoms with Crippen LogP contribution in [-0.2, 0) is 11.3 Å². The Morgan fingerprint density at radius 1 is 1.21 bits per heavy atom. The van der Waals surface area contributed by atoms with Crippen molar-refractivity contribution in [2.24, 2.45) is 0 Å². The van der Waals surface area contributed by atoms with Gasteiger partial charge in [-0.15, -0.1) is 16.8 Å². The number of benzene rings is 2. The second-order valence-electron chi connectivity index (χ2n) is 6.79. The SMILES string of the molecule is C=CCn1c(SCC(=O)Nc2ccccc2C(C)C)nnc1-c1ccc(Br)cc1. The van der Waals surface area contributed by atoms with Crippen molar-refractivity contribution in [2.45, 2.75) is 31.5 Å². The molecule has 0 bridgehead atoms. The highest BCUT2D eigenvalue weighted by Gasteiger charge is 2.16. The normalized spacial score (nSPS) is 10.9. The first-order chi connectivity index (χ1) is 14.0. The van der Waals surface area contributed by atoms with Gasteiger partial charge < -0.3 is 5.32 Å². The standard InChI is InChI=1S/C22H23BrN4OS/c1-4-13-27-21(16-9-11-17(23)12-10-16)25-26-22(27)29-14-20(28)24-19-8-6-5-7-18(19)15(2)3/h4-12,15H,1,13-14H2,2-3H3,(H,24,28). The zero-order chi connectivity index (χ0) is 20.8. The van der Waals surface area contributed by atoms with Crippen LogP contribution in [-0.4, -0.2) is 26.4 Å². The summed E-state index contributed by atoms with van der Waals surface area (Å²) in [6.45, 7) is 8.62. The number of nitrogens with one attached hydrogen (secondary N) is 1. The van der Waals surface area contributed by atoms with Crippen LogP contribution in [0.3, 0.4) is 0 Å². The average Bonchev–Trinajstić information content (AvgIpc) is 3.10. The van der Waals surface area contributed by atoms with Crippen molar-refractivity contribution in [3.05, 3.63) is 71.2 Å². The average molecular weight is 471 g/mol. The molecule has 1 amide bonds. The number of hydrogen-bond donors (Lipinski definition) is 1. The summed E-state index contributed by atoms with van der Waals surface area (Å²) in [5, 5.41) is 12.3. The molecule has 3 aromatic rings. The molecule has 150 valence electrons. The predicted molar refractivity (Wildman–Crippen MR) is 123 cm³/mol. The highest BCUT2D eigenvalue weighted by molar-refractivity contribution is 9.10. The highest BCUT2D eigenvalue weighted by Crippen LogP contribution is 2.27. The molecule has 0 atom stereocenters. The molecule has 0 aliphatic rings. The topological polar surface area (TPSA) is 59.8 Å². The van der Waals surface area contributed by atoms with Crippen LogP contribution in [0.5, 0.6) is 0 Å². The second kappa shape index (κ2) is 9.89. The Morgan fingerprint density at radius 2 is 1.93 bits per heavy atom. The number of nitrogens with zero attached hydrogens (tertiary/aromatic N) is 3. The van der Waals surface area contributed by atoms with Gasteiger partial charge in [-0.2, -0.15) is 0 Å². The van der Waals surface area contributed by atoms with Crippen LogP contribution in [0.2, 0.25) is 0 Å². The molecule has 7 heteroatoms. The van der Waals surface area contributed by atoms with Gasteiger partial charge in [-0.25, -0.2) is 0 Å². The number of amides is 1. The van der Waals surface area contributed by atoms with Crippen LogP contribution < -0.4 is 5.32 Å². The van der Waals surface area contributed by atoms with Gasteiger partial charge in [0, 0.05) is 22.3 Å². The number of carbonyl (C=O) groups excluding carboxylic acids is 1. The number of rotatable bonds is 8. The van der Waals surface area contributed by atoms with Crippen LogP contribution >= 0.6 is 27.7 Å². The van der Waals surface area contributed by atoms with Crippen LogP contribution in [0.4, 0.5) is 5.69 Å². The van der Waals surface area contributed by atoms with Gasteiger partial charge in [-0.3, -0.25) is 9.36 Å². The molecule has 0 saturated heterocycles. The Bertz CT molecular complexity index is 998. The Hall–Kier alpha value is -2.38. The molecule has 0 aliphatic heterocycles. The molecule has 1 heterocycles. The lowest BCUT2D eigenvalue weighted by Crippen LogP contribution is -2.16. The van der Waals surface area contributed by atoms with Gasteiger partial charge in [0.15, 0.2) is 11.0 Å². The maximum atomic E-state index is 12.5. The van der Waals surface area contributed by atoms with Gasteiger partial charge in [0.1, 0.15) is 0 Å².